The van der Waals surface area contributed by atoms with Gasteiger partial charge in [0.05, 0.1) is 7.11 Å². The lowest BCUT2D eigenvalue weighted by molar-refractivity contribution is -0.139. The first-order valence-electron chi connectivity index (χ1n) is 7.84. The van der Waals surface area contributed by atoms with Crippen molar-refractivity contribution >= 4 is 23.2 Å². The molecular formula is C16H22N2O4S. The fourth-order valence-electron chi connectivity index (χ4n) is 3.59. The summed E-state index contributed by atoms with van der Waals surface area (Å²) >= 11 is 1.46. The molecule has 3 heterocycles. The van der Waals surface area contributed by atoms with Crippen molar-refractivity contribution < 1.29 is 19.4 Å². The minimum atomic E-state index is -0.779. The number of hydrogen-bond donors (Lipinski definition) is 2. The maximum Gasteiger partial charge on any atom is 0.320 e. The lowest BCUT2D eigenvalue weighted by Crippen LogP contribution is -2.43. The fourth-order valence-corrected chi connectivity index (χ4v) is 4.54. The zero-order valence-electron chi connectivity index (χ0n) is 13.4. The molecule has 6 nitrogen and oxygen atoms in total. The Kier molecular flexibility index (Phi) is 4.33. The number of nitrogens with one attached hydrogen (secondary N) is 1. The third kappa shape index (κ3) is 3.07. The van der Waals surface area contributed by atoms with E-state index in [1.54, 1.807) is 7.11 Å². The number of aliphatic carboxylic acids is 1. The summed E-state index contributed by atoms with van der Waals surface area (Å²) in [5.74, 6) is -0.110. The number of piperidine rings is 1. The van der Waals surface area contributed by atoms with Crippen LogP contribution in [0.1, 0.15) is 33.8 Å². The lowest BCUT2D eigenvalue weighted by atomic mass is 9.76. The number of thiophene rings is 1. The van der Waals surface area contributed by atoms with Gasteiger partial charge in [-0.05, 0) is 37.7 Å². The van der Waals surface area contributed by atoms with Crippen molar-refractivity contribution in [3.05, 3.63) is 15.8 Å². The Morgan fingerprint density at radius 3 is 2.70 bits per heavy atom. The predicted octanol–water partition coefficient (Wildman–Crippen LogP) is 1.73. The Bertz CT molecular complexity index is 620. The quantitative estimate of drug-likeness (QED) is 0.877. The number of likely N-dealkylation sites (tertiary alicyclic amines) is 1. The molecule has 126 valence electrons. The van der Waals surface area contributed by atoms with Crippen LogP contribution in [0, 0.1) is 12.3 Å². The van der Waals surface area contributed by atoms with Gasteiger partial charge in [-0.3, -0.25) is 9.59 Å². The molecule has 0 aliphatic carbocycles. The minimum Gasteiger partial charge on any atom is -0.495 e. The molecule has 1 atom stereocenters. The van der Waals surface area contributed by atoms with Crippen LogP contribution in [-0.2, 0) is 4.79 Å². The summed E-state index contributed by atoms with van der Waals surface area (Å²) in [6.07, 6.45) is 2.36. The summed E-state index contributed by atoms with van der Waals surface area (Å²) in [6.45, 7) is 4.04. The van der Waals surface area contributed by atoms with Gasteiger partial charge in [-0.15, -0.1) is 11.3 Å². The van der Waals surface area contributed by atoms with Crippen LogP contribution in [0.15, 0.2) is 6.07 Å². The van der Waals surface area contributed by atoms with Crippen molar-refractivity contribution in [2.24, 2.45) is 5.41 Å². The second kappa shape index (κ2) is 6.13. The van der Waals surface area contributed by atoms with Gasteiger partial charge >= 0.3 is 5.97 Å². The number of hydrogen-bond acceptors (Lipinski definition) is 5. The van der Waals surface area contributed by atoms with Crippen LogP contribution >= 0.6 is 11.3 Å². The summed E-state index contributed by atoms with van der Waals surface area (Å²) < 4.78 is 5.30. The second-order valence-corrected chi connectivity index (χ2v) is 7.78. The number of aryl methyl sites for hydroxylation is 1. The Hall–Kier alpha value is -1.60. The van der Waals surface area contributed by atoms with E-state index in [4.69, 9.17) is 9.84 Å². The minimum absolute atomic E-state index is 0.0231. The highest BCUT2D eigenvalue weighted by atomic mass is 32.1. The van der Waals surface area contributed by atoms with E-state index >= 15 is 0 Å². The molecule has 1 spiro atoms. The van der Waals surface area contributed by atoms with E-state index in [-0.39, 0.29) is 11.3 Å². The first-order valence-corrected chi connectivity index (χ1v) is 8.66. The van der Waals surface area contributed by atoms with Crippen molar-refractivity contribution in [1.29, 1.82) is 0 Å². The zero-order valence-corrected chi connectivity index (χ0v) is 14.2. The number of ether oxygens (including phenoxy) is 1. The molecule has 2 N–H and O–H groups in total. The molecule has 1 aromatic rings. The number of amides is 1. The number of methoxy groups -OCH3 is 1. The highest BCUT2D eigenvalue weighted by molar-refractivity contribution is 7.14. The van der Waals surface area contributed by atoms with Gasteiger partial charge < -0.3 is 20.1 Å². The van der Waals surface area contributed by atoms with E-state index in [1.807, 2.05) is 17.9 Å². The maximum atomic E-state index is 12.7. The van der Waals surface area contributed by atoms with Crippen molar-refractivity contribution in [2.75, 3.05) is 26.7 Å². The van der Waals surface area contributed by atoms with Crippen molar-refractivity contribution in [3.63, 3.8) is 0 Å². The summed E-state index contributed by atoms with van der Waals surface area (Å²) in [4.78, 5) is 27.4. The summed E-state index contributed by atoms with van der Waals surface area (Å²) in [7, 11) is 1.58. The molecule has 7 heteroatoms. The Morgan fingerprint density at radius 2 is 2.13 bits per heavy atom. The van der Waals surface area contributed by atoms with Crippen LogP contribution < -0.4 is 10.1 Å². The maximum absolute atomic E-state index is 12.7. The molecule has 0 bridgehead atoms. The van der Waals surface area contributed by atoms with Gasteiger partial charge in [0.15, 0.2) is 0 Å². The number of carbonyl (C=O) groups excluding carboxylic acids is 1. The fraction of sp³-hybridized carbons (Fsp3) is 0.625. The molecule has 2 aliphatic heterocycles. The molecule has 0 unspecified atom stereocenters. The van der Waals surface area contributed by atoms with Gasteiger partial charge in [0.25, 0.3) is 5.91 Å². The molecule has 2 aliphatic rings. The van der Waals surface area contributed by atoms with Gasteiger partial charge in [0, 0.05) is 24.5 Å². The Morgan fingerprint density at radius 1 is 1.43 bits per heavy atom. The molecular weight excluding hydrogens is 316 g/mol. The van der Waals surface area contributed by atoms with Crippen LogP contribution in [0.4, 0.5) is 0 Å². The van der Waals surface area contributed by atoms with E-state index in [2.05, 4.69) is 5.32 Å². The second-order valence-electron chi connectivity index (χ2n) is 6.52. The number of carbonyl (C=O) groups is 2. The normalized spacial score (nSPS) is 23.2. The van der Waals surface area contributed by atoms with E-state index in [0.717, 1.165) is 24.3 Å². The van der Waals surface area contributed by atoms with Crippen molar-refractivity contribution in [1.82, 2.24) is 10.2 Å². The highest BCUT2D eigenvalue weighted by Crippen LogP contribution is 2.40. The van der Waals surface area contributed by atoms with Gasteiger partial charge in [0.1, 0.15) is 16.7 Å². The predicted molar refractivity (Wildman–Crippen MR) is 87.2 cm³/mol. The molecule has 0 aromatic carbocycles. The molecule has 2 saturated heterocycles. The number of carboxylic acid groups (broad SMARTS) is 1. The molecule has 1 amide bonds. The van der Waals surface area contributed by atoms with Gasteiger partial charge in [0.2, 0.25) is 0 Å². The number of rotatable bonds is 3. The standard InChI is InChI=1S/C16H22N2O4S/c1-10-7-12(22-2)13(23-10)14(19)18-5-3-16(4-6-18)8-11(15(20)21)17-9-16/h7,11,17H,3-6,8-9H2,1-2H3,(H,20,21)/t11-/m1/s1. The van der Waals surface area contributed by atoms with Crippen LogP contribution in [0.5, 0.6) is 5.75 Å². The van der Waals surface area contributed by atoms with Crippen LogP contribution in [0.3, 0.4) is 0 Å². The number of carboxylic acids is 1. The van der Waals surface area contributed by atoms with E-state index in [9.17, 15) is 9.59 Å². The van der Waals surface area contributed by atoms with Gasteiger partial charge in [-0.1, -0.05) is 0 Å². The van der Waals surface area contributed by atoms with Gasteiger partial charge in [-0.2, -0.15) is 0 Å². The topological polar surface area (TPSA) is 78.9 Å². The van der Waals surface area contributed by atoms with E-state index < -0.39 is 12.0 Å². The van der Waals surface area contributed by atoms with Gasteiger partial charge in [-0.25, -0.2) is 0 Å². The average molecular weight is 338 g/mol. The zero-order chi connectivity index (χ0) is 16.6. The molecule has 0 radical (unpaired) electrons. The summed E-state index contributed by atoms with van der Waals surface area (Å²) in [5.41, 5.74) is 0.0231. The van der Waals surface area contributed by atoms with Crippen LogP contribution in [-0.4, -0.2) is 54.7 Å². The van der Waals surface area contributed by atoms with Crippen LogP contribution in [0.2, 0.25) is 0 Å². The third-order valence-corrected chi connectivity index (χ3v) is 6.03. The molecule has 1 aromatic heterocycles. The summed E-state index contributed by atoms with van der Waals surface area (Å²) in [5, 5.41) is 12.2. The van der Waals surface area contributed by atoms with Crippen molar-refractivity contribution in [3.8, 4) is 5.75 Å². The van der Waals surface area contributed by atoms with E-state index in [0.29, 0.717) is 30.1 Å². The summed E-state index contributed by atoms with van der Waals surface area (Å²) in [6, 6.07) is 1.44. The Labute approximate surface area is 139 Å². The first kappa shape index (κ1) is 16.3. The SMILES string of the molecule is COc1cc(C)sc1C(=O)N1CCC2(CC1)CN[C@@H](C(=O)O)C2. The van der Waals surface area contributed by atoms with E-state index in [1.165, 1.54) is 11.3 Å². The molecule has 3 rings (SSSR count). The largest absolute Gasteiger partial charge is 0.495 e. The Balaban J connectivity index is 1.65. The molecule has 0 saturated carbocycles. The molecule has 2 fully saturated rings. The highest BCUT2D eigenvalue weighted by Gasteiger charge is 2.44. The smallest absolute Gasteiger partial charge is 0.320 e. The third-order valence-electron chi connectivity index (χ3n) is 5.01. The average Bonchev–Trinajstić information content (AvgIpc) is 3.11. The molecule has 23 heavy (non-hydrogen) atoms. The van der Waals surface area contributed by atoms with Crippen LogP contribution in [0.25, 0.3) is 0 Å². The first-order chi connectivity index (χ1) is 10.9. The van der Waals surface area contributed by atoms with Crippen molar-refractivity contribution in [2.45, 2.75) is 32.2 Å². The lowest BCUT2D eigenvalue weighted by Gasteiger charge is -2.38. The monoisotopic (exact) mass is 338 g/mol. The number of nitrogens with zero attached hydrogens (tertiary/aromatic N) is 1.